The molecule has 0 aliphatic rings. The van der Waals surface area contributed by atoms with Crippen LogP contribution in [-0.2, 0) is 0 Å². The third-order valence-corrected chi connectivity index (χ3v) is 11.7. The van der Waals surface area contributed by atoms with E-state index in [0.717, 1.165) is 61.6 Å². The summed E-state index contributed by atoms with van der Waals surface area (Å²) in [5, 5.41) is 6.18. The van der Waals surface area contributed by atoms with Gasteiger partial charge in [-0.05, 0) is 109 Å². The maximum Gasteiger partial charge on any atom is 0.143 e. The minimum absolute atomic E-state index is 0.877. The molecule has 0 atom stereocenters. The molecule has 60 heavy (non-hydrogen) atoms. The second-order valence-corrected chi connectivity index (χ2v) is 15.3. The first-order valence-electron chi connectivity index (χ1n) is 20.5. The molecule has 0 radical (unpaired) electrons. The maximum absolute atomic E-state index is 6.69. The molecule has 0 unspecified atom stereocenters. The van der Waals surface area contributed by atoms with Crippen LogP contribution in [0.4, 0.5) is 17.1 Å². The van der Waals surface area contributed by atoms with E-state index in [-0.39, 0.29) is 0 Å². The normalized spacial score (nSPS) is 11.3. The van der Waals surface area contributed by atoms with Crippen LogP contribution in [0.15, 0.2) is 241 Å². The summed E-state index contributed by atoms with van der Waals surface area (Å²) in [5.74, 6) is 0.877. The molecule has 0 fully saturated rings. The predicted molar refractivity (Wildman–Crippen MR) is 253 cm³/mol. The zero-order chi connectivity index (χ0) is 39.8. The summed E-state index contributed by atoms with van der Waals surface area (Å²) in [6, 6.07) is 84.6. The summed E-state index contributed by atoms with van der Waals surface area (Å²) in [6.45, 7) is 0. The van der Waals surface area contributed by atoms with Gasteiger partial charge in [0.05, 0.1) is 0 Å². The number of furan rings is 1. The molecule has 11 aromatic rings. The Morgan fingerprint density at radius 3 is 1.43 bits per heavy atom. The lowest BCUT2D eigenvalue weighted by Crippen LogP contribution is -2.09. The molecule has 0 bridgehead atoms. The lowest BCUT2D eigenvalue weighted by molar-refractivity contribution is 0.632. The number of hydrogen-bond donors (Lipinski definition) is 0. The van der Waals surface area contributed by atoms with Crippen LogP contribution in [0.25, 0.3) is 88.3 Å². The monoisotopic (exact) mass is 765 g/mol. The third kappa shape index (κ3) is 6.41. The Hall–Kier alpha value is -7.94. The Labute approximate surface area is 349 Å². The van der Waals surface area contributed by atoms with Gasteiger partial charge in [0.2, 0.25) is 0 Å². The van der Waals surface area contributed by atoms with Gasteiger partial charge in [0.15, 0.2) is 0 Å². The van der Waals surface area contributed by atoms with Crippen molar-refractivity contribution in [1.29, 1.82) is 0 Å². The van der Waals surface area contributed by atoms with Crippen LogP contribution in [0.2, 0.25) is 0 Å². The van der Waals surface area contributed by atoms with Gasteiger partial charge in [-0.3, -0.25) is 0 Å². The lowest BCUT2D eigenvalue weighted by atomic mass is 9.93. The lowest BCUT2D eigenvalue weighted by Gasteiger charge is -2.26. The number of nitrogens with zero attached hydrogens (tertiary/aromatic N) is 1. The molecule has 10 aromatic carbocycles. The van der Waals surface area contributed by atoms with Crippen molar-refractivity contribution in [3.8, 4) is 55.8 Å². The number of para-hydroxylation sites is 1. The zero-order valence-electron chi connectivity index (χ0n) is 32.9. The van der Waals surface area contributed by atoms with Crippen molar-refractivity contribution >= 4 is 49.6 Å². The predicted octanol–water partition coefficient (Wildman–Crippen LogP) is 16.5. The van der Waals surface area contributed by atoms with Crippen LogP contribution in [0.3, 0.4) is 0 Å². The quantitative estimate of drug-likeness (QED) is 0.143. The molecular formula is C58H39NO. The van der Waals surface area contributed by atoms with Gasteiger partial charge < -0.3 is 9.32 Å². The molecule has 0 aliphatic heterocycles. The molecule has 0 N–H and O–H groups in total. The van der Waals surface area contributed by atoms with Crippen LogP contribution >= 0.6 is 0 Å². The summed E-state index contributed by atoms with van der Waals surface area (Å²) < 4.78 is 6.69. The smallest absolute Gasteiger partial charge is 0.143 e. The van der Waals surface area contributed by atoms with Gasteiger partial charge in [0.1, 0.15) is 11.3 Å². The van der Waals surface area contributed by atoms with E-state index in [1.165, 1.54) is 43.8 Å². The molecule has 1 heterocycles. The molecule has 0 saturated carbocycles. The van der Waals surface area contributed by atoms with Gasteiger partial charge in [0.25, 0.3) is 0 Å². The van der Waals surface area contributed by atoms with E-state index in [0.29, 0.717) is 0 Å². The van der Waals surface area contributed by atoms with E-state index >= 15 is 0 Å². The second-order valence-electron chi connectivity index (χ2n) is 15.3. The summed E-state index contributed by atoms with van der Waals surface area (Å²) in [6.07, 6.45) is 0. The fourth-order valence-electron chi connectivity index (χ4n) is 8.73. The SMILES string of the molecule is c1ccc(-c2ccc(N(c3ccc(-c4ccc5c(ccc6ccccc65)c4)cc3)c3ccc(-c4ccccc4-c4oc5ccccc5c4-c4ccccc4)cc3)cc2)cc1. The average Bonchev–Trinajstić information content (AvgIpc) is 3.72. The second kappa shape index (κ2) is 15.1. The highest BCUT2D eigenvalue weighted by atomic mass is 16.3. The number of anilines is 3. The number of fused-ring (bicyclic) bond motifs is 4. The third-order valence-electron chi connectivity index (χ3n) is 11.7. The molecule has 1 aromatic heterocycles. The van der Waals surface area contributed by atoms with Gasteiger partial charge >= 0.3 is 0 Å². The highest BCUT2D eigenvalue weighted by Crippen LogP contribution is 2.45. The molecule has 0 aliphatic carbocycles. The van der Waals surface area contributed by atoms with Crippen LogP contribution in [0, 0.1) is 0 Å². The number of hydrogen-bond acceptors (Lipinski definition) is 2. The first-order valence-corrected chi connectivity index (χ1v) is 20.5. The van der Waals surface area contributed by atoms with Crippen molar-refractivity contribution in [2.75, 3.05) is 4.90 Å². The van der Waals surface area contributed by atoms with Crippen LogP contribution in [0.1, 0.15) is 0 Å². The van der Waals surface area contributed by atoms with Crippen molar-refractivity contribution in [2.45, 2.75) is 0 Å². The molecule has 2 nitrogen and oxygen atoms in total. The van der Waals surface area contributed by atoms with E-state index in [1.54, 1.807) is 0 Å². The highest BCUT2D eigenvalue weighted by molar-refractivity contribution is 6.08. The van der Waals surface area contributed by atoms with E-state index < -0.39 is 0 Å². The molecule has 0 spiro atoms. The number of benzene rings is 10. The van der Waals surface area contributed by atoms with E-state index in [2.05, 4.69) is 235 Å². The Morgan fingerprint density at radius 1 is 0.283 bits per heavy atom. The number of rotatable bonds is 8. The largest absolute Gasteiger partial charge is 0.455 e. The molecule has 0 amide bonds. The van der Waals surface area contributed by atoms with Gasteiger partial charge in [-0.15, -0.1) is 0 Å². The van der Waals surface area contributed by atoms with Crippen molar-refractivity contribution in [3.63, 3.8) is 0 Å². The Balaban J connectivity index is 0.977. The van der Waals surface area contributed by atoms with Crippen molar-refractivity contribution in [2.24, 2.45) is 0 Å². The molecule has 282 valence electrons. The Kier molecular flexibility index (Phi) is 8.87. The average molecular weight is 766 g/mol. The fraction of sp³-hybridized carbons (Fsp3) is 0. The van der Waals surface area contributed by atoms with E-state index in [9.17, 15) is 0 Å². The van der Waals surface area contributed by atoms with Gasteiger partial charge in [0, 0.05) is 33.6 Å². The van der Waals surface area contributed by atoms with Crippen molar-refractivity contribution < 1.29 is 4.42 Å². The van der Waals surface area contributed by atoms with E-state index in [4.69, 9.17) is 4.42 Å². The zero-order valence-corrected chi connectivity index (χ0v) is 32.9. The van der Waals surface area contributed by atoms with Crippen LogP contribution in [-0.4, -0.2) is 0 Å². The first-order chi connectivity index (χ1) is 29.7. The molecule has 11 rings (SSSR count). The summed E-state index contributed by atoms with van der Waals surface area (Å²) in [5.41, 5.74) is 14.4. The topological polar surface area (TPSA) is 16.4 Å². The maximum atomic E-state index is 6.69. The fourth-order valence-corrected chi connectivity index (χ4v) is 8.73. The minimum Gasteiger partial charge on any atom is -0.455 e. The van der Waals surface area contributed by atoms with Gasteiger partial charge in [-0.25, -0.2) is 0 Å². The first kappa shape index (κ1) is 35.2. The highest BCUT2D eigenvalue weighted by Gasteiger charge is 2.21. The van der Waals surface area contributed by atoms with Gasteiger partial charge in [-0.2, -0.15) is 0 Å². The summed E-state index contributed by atoms with van der Waals surface area (Å²) in [7, 11) is 0. The Morgan fingerprint density at radius 2 is 0.750 bits per heavy atom. The standard InChI is InChI=1S/C58H39NO/c1-3-13-40(14-4-1)41-25-32-48(33-26-41)59(49-34-27-42(28-35-49)46-31-38-53-47(39-46)24-23-43-15-7-8-18-51(43)53)50-36-29-44(30-37-50)52-19-9-10-20-54(52)58-57(45-16-5-2-6-17-45)55-21-11-12-22-56(55)60-58/h1-39H. The summed E-state index contributed by atoms with van der Waals surface area (Å²) in [4.78, 5) is 2.34. The summed E-state index contributed by atoms with van der Waals surface area (Å²) >= 11 is 0. The van der Waals surface area contributed by atoms with E-state index in [1.807, 2.05) is 6.07 Å². The van der Waals surface area contributed by atoms with Gasteiger partial charge in [-0.1, -0.05) is 188 Å². The van der Waals surface area contributed by atoms with Crippen molar-refractivity contribution in [1.82, 2.24) is 0 Å². The minimum atomic E-state index is 0.877. The molecular weight excluding hydrogens is 727 g/mol. The Bertz CT molecular complexity index is 3270. The molecule has 2 heteroatoms. The van der Waals surface area contributed by atoms with Crippen LogP contribution in [0.5, 0.6) is 0 Å². The van der Waals surface area contributed by atoms with Crippen molar-refractivity contribution in [3.05, 3.63) is 237 Å². The molecule has 0 saturated heterocycles. The van der Waals surface area contributed by atoms with Crippen LogP contribution < -0.4 is 4.90 Å².